The summed E-state index contributed by atoms with van der Waals surface area (Å²) < 4.78 is 19.5. The molecule has 4 heteroatoms. The Kier molecular flexibility index (Phi) is 5.38. The van der Waals surface area contributed by atoms with Crippen molar-refractivity contribution in [3.63, 3.8) is 0 Å². The van der Waals surface area contributed by atoms with Crippen molar-refractivity contribution in [2.75, 3.05) is 26.2 Å². The smallest absolute Gasteiger partial charge is 0.126 e. The number of likely N-dealkylation sites (tertiary alicyclic amines) is 1. The van der Waals surface area contributed by atoms with E-state index in [0.29, 0.717) is 12.2 Å². The Hall–Kier alpha value is -1.13. The number of aryl methyl sites for hydroxylation is 1. The number of piperidine rings is 1. The molecule has 1 saturated heterocycles. The summed E-state index contributed by atoms with van der Waals surface area (Å²) in [4.78, 5) is 2.42. The van der Waals surface area contributed by atoms with Crippen LogP contribution < -0.4 is 10.5 Å². The Balaban J connectivity index is 1.95. The normalized spacial score (nSPS) is 18.0. The molecule has 1 aromatic rings. The van der Waals surface area contributed by atoms with Gasteiger partial charge in [0.25, 0.3) is 0 Å². The zero-order valence-corrected chi connectivity index (χ0v) is 12.5. The second-order valence-electron chi connectivity index (χ2n) is 5.68. The largest absolute Gasteiger partial charge is 0.492 e. The Labute approximate surface area is 120 Å². The van der Waals surface area contributed by atoms with E-state index >= 15 is 0 Å². The summed E-state index contributed by atoms with van der Waals surface area (Å²) in [6, 6.07) is 3.02. The lowest BCUT2D eigenvalue weighted by Gasteiger charge is -2.26. The molecule has 1 fully saturated rings. The number of ether oxygens (including phenoxy) is 1. The molecule has 3 nitrogen and oxygen atoms in total. The third-order valence-electron chi connectivity index (χ3n) is 3.90. The van der Waals surface area contributed by atoms with Crippen molar-refractivity contribution < 1.29 is 9.13 Å². The fourth-order valence-corrected chi connectivity index (χ4v) is 2.62. The lowest BCUT2D eigenvalue weighted by Crippen LogP contribution is -2.33. The van der Waals surface area contributed by atoms with E-state index in [1.807, 2.05) is 6.92 Å². The first-order chi connectivity index (χ1) is 9.58. The number of benzene rings is 1. The van der Waals surface area contributed by atoms with E-state index in [1.165, 1.54) is 25.3 Å². The molecule has 1 atom stereocenters. The van der Waals surface area contributed by atoms with Gasteiger partial charge in [-0.25, -0.2) is 4.39 Å². The van der Waals surface area contributed by atoms with Gasteiger partial charge in [-0.2, -0.15) is 0 Å². The highest BCUT2D eigenvalue weighted by atomic mass is 19.1. The van der Waals surface area contributed by atoms with Crippen molar-refractivity contribution in [2.24, 2.45) is 5.73 Å². The van der Waals surface area contributed by atoms with Gasteiger partial charge in [0.2, 0.25) is 0 Å². The first-order valence-electron chi connectivity index (χ1n) is 7.48. The maximum atomic E-state index is 13.6. The predicted octanol–water partition coefficient (Wildman–Crippen LogP) is 3.02. The highest BCUT2D eigenvalue weighted by Crippen LogP contribution is 2.27. The molecule has 1 unspecified atom stereocenters. The van der Waals surface area contributed by atoms with Crippen LogP contribution in [0.3, 0.4) is 0 Å². The van der Waals surface area contributed by atoms with E-state index in [9.17, 15) is 4.39 Å². The van der Waals surface area contributed by atoms with Gasteiger partial charge in [0.15, 0.2) is 0 Å². The standard InChI is InChI=1S/C16H25FN2O/c1-12-10-16(14(13(2)18)11-15(12)17)20-9-8-19-6-4-3-5-7-19/h10-11,13H,3-9,18H2,1-2H3. The quantitative estimate of drug-likeness (QED) is 0.901. The Morgan fingerprint density at radius 2 is 2.00 bits per heavy atom. The molecule has 2 rings (SSSR count). The zero-order valence-electron chi connectivity index (χ0n) is 12.5. The third kappa shape index (κ3) is 3.93. The molecule has 0 aromatic heterocycles. The molecule has 0 radical (unpaired) electrons. The topological polar surface area (TPSA) is 38.5 Å². The van der Waals surface area contributed by atoms with Gasteiger partial charge >= 0.3 is 0 Å². The van der Waals surface area contributed by atoms with E-state index in [1.54, 1.807) is 13.0 Å². The summed E-state index contributed by atoms with van der Waals surface area (Å²) in [7, 11) is 0. The van der Waals surface area contributed by atoms with Crippen LogP contribution in [0.2, 0.25) is 0 Å². The molecular formula is C16H25FN2O. The summed E-state index contributed by atoms with van der Waals surface area (Å²) in [5, 5.41) is 0. The van der Waals surface area contributed by atoms with Gasteiger partial charge in [0.1, 0.15) is 18.2 Å². The van der Waals surface area contributed by atoms with Crippen molar-refractivity contribution in [3.05, 3.63) is 29.1 Å². The van der Waals surface area contributed by atoms with Crippen LogP contribution in [-0.2, 0) is 0 Å². The maximum Gasteiger partial charge on any atom is 0.126 e. The number of hydrogen-bond donors (Lipinski definition) is 1. The van der Waals surface area contributed by atoms with Gasteiger partial charge in [0.05, 0.1) is 0 Å². The fourth-order valence-electron chi connectivity index (χ4n) is 2.62. The van der Waals surface area contributed by atoms with Gasteiger partial charge in [-0.15, -0.1) is 0 Å². The summed E-state index contributed by atoms with van der Waals surface area (Å²) in [6.45, 7) is 7.47. The number of nitrogens with two attached hydrogens (primary N) is 1. The van der Waals surface area contributed by atoms with E-state index < -0.39 is 0 Å². The second kappa shape index (κ2) is 7.04. The Morgan fingerprint density at radius 3 is 2.65 bits per heavy atom. The summed E-state index contributed by atoms with van der Waals surface area (Å²) in [5.74, 6) is 0.497. The monoisotopic (exact) mass is 280 g/mol. The second-order valence-corrected chi connectivity index (χ2v) is 5.68. The van der Waals surface area contributed by atoms with Gasteiger partial charge in [-0.05, 0) is 57.5 Å². The van der Waals surface area contributed by atoms with Gasteiger partial charge < -0.3 is 10.5 Å². The Bertz CT molecular complexity index is 442. The lowest BCUT2D eigenvalue weighted by atomic mass is 10.1. The minimum Gasteiger partial charge on any atom is -0.492 e. The van der Waals surface area contributed by atoms with Crippen LogP contribution in [0.15, 0.2) is 12.1 Å². The van der Waals surface area contributed by atoms with Crippen LogP contribution in [0.1, 0.15) is 43.4 Å². The summed E-state index contributed by atoms with van der Waals surface area (Å²) >= 11 is 0. The number of hydrogen-bond acceptors (Lipinski definition) is 3. The average Bonchev–Trinajstić information content (AvgIpc) is 2.43. The van der Waals surface area contributed by atoms with Crippen LogP contribution in [-0.4, -0.2) is 31.1 Å². The van der Waals surface area contributed by atoms with Crippen LogP contribution in [0.5, 0.6) is 5.75 Å². The third-order valence-corrected chi connectivity index (χ3v) is 3.90. The first-order valence-corrected chi connectivity index (χ1v) is 7.48. The molecule has 20 heavy (non-hydrogen) atoms. The van der Waals surface area contributed by atoms with Crippen molar-refractivity contribution in [1.82, 2.24) is 4.90 Å². The lowest BCUT2D eigenvalue weighted by molar-refractivity contribution is 0.182. The SMILES string of the molecule is Cc1cc(OCCN2CCCCC2)c(C(C)N)cc1F. The number of halogens is 1. The predicted molar refractivity (Wildman–Crippen MR) is 79.5 cm³/mol. The van der Waals surface area contributed by atoms with Crippen LogP contribution >= 0.6 is 0 Å². The average molecular weight is 280 g/mol. The van der Waals surface area contributed by atoms with Crippen molar-refractivity contribution >= 4 is 0 Å². The number of rotatable bonds is 5. The van der Waals surface area contributed by atoms with Gasteiger partial charge in [-0.1, -0.05) is 6.42 Å². The molecule has 1 aliphatic rings. The molecule has 0 amide bonds. The first kappa shape index (κ1) is 15.3. The highest BCUT2D eigenvalue weighted by Gasteiger charge is 2.13. The summed E-state index contributed by atoms with van der Waals surface area (Å²) in [5.41, 5.74) is 7.23. The van der Waals surface area contributed by atoms with E-state index in [0.717, 1.165) is 30.9 Å². The molecule has 0 saturated carbocycles. The molecular weight excluding hydrogens is 255 g/mol. The van der Waals surface area contributed by atoms with Crippen LogP contribution in [0, 0.1) is 12.7 Å². The molecule has 0 spiro atoms. The molecule has 2 N–H and O–H groups in total. The molecule has 1 heterocycles. The van der Waals surface area contributed by atoms with Crippen LogP contribution in [0.4, 0.5) is 4.39 Å². The van der Waals surface area contributed by atoms with E-state index in [2.05, 4.69) is 4.90 Å². The maximum absolute atomic E-state index is 13.6. The van der Waals surface area contributed by atoms with Gasteiger partial charge in [0, 0.05) is 18.2 Å². The van der Waals surface area contributed by atoms with Crippen LogP contribution in [0.25, 0.3) is 0 Å². The van der Waals surface area contributed by atoms with E-state index in [4.69, 9.17) is 10.5 Å². The Morgan fingerprint density at radius 1 is 1.30 bits per heavy atom. The fraction of sp³-hybridized carbons (Fsp3) is 0.625. The minimum absolute atomic E-state index is 0.222. The molecule has 1 aromatic carbocycles. The summed E-state index contributed by atoms with van der Waals surface area (Å²) in [6.07, 6.45) is 3.89. The molecule has 1 aliphatic heterocycles. The molecule has 112 valence electrons. The van der Waals surface area contributed by atoms with Crippen molar-refractivity contribution in [1.29, 1.82) is 0 Å². The zero-order chi connectivity index (χ0) is 14.5. The van der Waals surface area contributed by atoms with Crippen molar-refractivity contribution in [2.45, 2.75) is 39.2 Å². The minimum atomic E-state index is -0.227. The van der Waals surface area contributed by atoms with Gasteiger partial charge in [-0.3, -0.25) is 4.90 Å². The number of nitrogens with zero attached hydrogens (tertiary/aromatic N) is 1. The molecule has 0 bridgehead atoms. The molecule has 0 aliphatic carbocycles. The highest BCUT2D eigenvalue weighted by molar-refractivity contribution is 5.39. The van der Waals surface area contributed by atoms with E-state index in [-0.39, 0.29) is 11.9 Å². The van der Waals surface area contributed by atoms with Crippen molar-refractivity contribution in [3.8, 4) is 5.75 Å².